The zero-order chi connectivity index (χ0) is 14.0. The van der Waals surface area contributed by atoms with Crippen molar-refractivity contribution in [2.45, 2.75) is 13.0 Å². The topological polar surface area (TPSA) is 104 Å². The second-order valence-electron chi connectivity index (χ2n) is 4.01. The quantitative estimate of drug-likeness (QED) is 0.717. The van der Waals surface area contributed by atoms with E-state index in [-0.39, 0.29) is 5.56 Å². The van der Waals surface area contributed by atoms with Gasteiger partial charge in [0.05, 0.1) is 23.7 Å². The molecule has 0 saturated carbocycles. The second kappa shape index (κ2) is 4.97. The van der Waals surface area contributed by atoms with Gasteiger partial charge in [0.2, 0.25) is 5.95 Å². The molecule has 1 unspecified atom stereocenters. The number of nitrogens with one attached hydrogen (secondary N) is 2. The van der Waals surface area contributed by atoms with Crippen LogP contribution in [0.3, 0.4) is 0 Å². The van der Waals surface area contributed by atoms with Crippen molar-refractivity contribution in [2.75, 3.05) is 12.4 Å². The third kappa shape index (κ3) is 2.65. The van der Waals surface area contributed by atoms with E-state index in [0.29, 0.717) is 17.0 Å². The summed E-state index contributed by atoms with van der Waals surface area (Å²) in [5.41, 5.74) is 1.37. The highest BCUT2D eigenvalue weighted by molar-refractivity contribution is 5.92. The molecule has 0 aliphatic rings. The molecule has 0 saturated heterocycles. The Balaban J connectivity index is 2.26. The van der Waals surface area contributed by atoms with Gasteiger partial charge >= 0.3 is 11.9 Å². The Morgan fingerprint density at radius 1 is 1.47 bits per heavy atom. The van der Waals surface area contributed by atoms with Crippen LogP contribution in [0.5, 0.6) is 0 Å². The zero-order valence-corrected chi connectivity index (χ0v) is 10.4. The van der Waals surface area contributed by atoms with Crippen molar-refractivity contribution in [3.8, 4) is 0 Å². The van der Waals surface area contributed by atoms with Crippen molar-refractivity contribution >= 4 is 28.9 Å². The number of hydrogen-bond acceptors (Lipinski definition) is 5. The number of fused-ring (bicyclic) bond motifs is 1. The van der Waals surface area contributed by atoms with Gasteiger partial charge in [0.25, 0.3) is 0 Å². The molecule has 0 amide bonds. The number of aromatic amines is 1. The van der Waals surface area contributed by atoms with Gasteiger partial charge < -0.3 is 20.1 Å². The Morgan fingerprint density at radius 3 is 2.84 bits per heavy atom. The lowest BCUT2D eigenvalue weighted by Gasteiger charge is -2.09. The maximum Gasteiger partial charge on any atom is 0.335 e. The number of carboxylic acid groups (broad SMARTS) is 1. The Bertz CT molecular complexity index is 635. The summed E-state index contributed by atoms with van der Waals surface area (Å²) in [6.45, 7) is 1.64. The number of carboxylic acids is 1. The number of rotatable bonds is 4. The van der Waals surface area contributed by atoms with Crippen LogP contribution in [0.1, 0.15) is 17.3 Å². The first kappa shape index (κ1) is 12.9. The van der Waals surface area contributed by atoms with Gasteiger partial charge in [-0.15, -0.1) is 0 Å². The van der Waals surface area contributed by atoms with Crippen LogP contribution >= 0.6 is 0 Å². The van der Waals surface area contributed by atoms with E-state index in [2.05, 4.69) is 20.0 Å². The van der Waals surface area contributed by atoms with E-state index in [4.69, 9.17) is 5.11 Å². The summed E-state index contributed by atoms with van der Waals surface area (Å²) in [7, 11) is 1.30. The van der Waals surface area contributed by atoms with E-state index in [1.54, 1.807) is 13.0 Å². The van der Waals surface area contributed by atoms with E-state index >= 15 is 0 Å². The molecule has 0 spiro atoms. The number of aromatic nitrogens is 2. The van der Waals surface area contributed by atoms with E-state index in [0.717, 1.165) is 0 Å². The van der Waals surface area contributed by atoms with Gasteiger partial charge in [0.15, 0.2) is 0 Å². The molecule has 1 aromatic heterocycles. The maximum absolute atomic E-state index is 11.3. The van der Waals surface area contributed by atoms with Crippen molar-refractivity contribution in [2.24, 2.45) is 0 Å². The second-order valence-corrected chi connectivity index (χ2v) is 4.01. The number of nitrogens with zero attached hydrogens (tertiary/aromatic N) is 1. The van der Waals surface area contributed by atoms with Crippen LogP contribution in [0.15, 0.2) is 18.2 Å². The minimum atomic E-state index is -1.01. The lowest BCUT2D eigenvalue weighted by molar-refractivity contribution is -0.141. The highest BCUT2D eigenvalue weighted by Gasteiger charge is 2.14. The zero-order valence-electron chi connectivity index (χ0n) is 10.4. The molecule has 100 valence electrons. The van der Waals surface area contributed by atoms with Gasteiger partial charge in [-0.2, -0.15) is 0 Å². The normalized spacial score (nSPS) is 12.1. The molecular weight excluding hydrogens is 250 g/mol. The Kier molecular flexibility index (Phi) is 3.37. The molecule has 1 heterocycles. The van der Waals surface area contributed by atoms with Gasteiger partial charge in [-0.1, -0.05) is 0 Å². The first-order valence-corrected chi connectivity index (χ1v) is 5.58. The fourth-order valence-electron chi connectivity index (χ4n) is 1.65. The third-order valence-electron chi connectivity index (χ3n) is 2.64. The molecule has 0 bridgehead atoms. The van der Waals surface area contributed by atoms with E-state index in [1.165, 1.54) is 19.2 Å². The number of benzene rings is 1. The molecule has 0 aliphatic carbocycles. The van der Waals surface area contributed by atoms with Crippen LogP contribution in [-0.2, 0) is 9.53 Å². The van der Waals surface area contributed by atoms with Crippen molar-refractivity contribution in [1.82, 2.24) is 9.97 Å². The van der Waals surface area contributed by atoms with Gasteiger partial charge in [0, 0.05) is 0 Å². The van der Waals surface area contributed by atoms with E-state index in [1.807, 2.05) is 0 Å². The first-order chi connectivity index (χ1) is 9.01. The number of ether oxygens (including phenoxy) is 1. The molecule has 2 rings (SSSR count). The number of methoxy groups -OCH3 is 1. The van der Waals surface area contributed by atoms with Crippen LogP contribution in [0.4, 0.5) is 5.95 Å². The van der Waals surface area contributed by atoms with Crippen LogP contribution in [0.2, 0.25) is 0 Å². The summed E-state index contributed by atoms with van der Waals surface area (Å²) in [5, 5.41) is 11.7. The smallest absolute Gasteiger partial charge is 0.335 e. The Labute approximate surface area is 108 Å². The Hall–Kier alpha value is -2.57. The number of hydrogen-bond donors (Lipinski definition) is 3. The lowest BCUT2D eigenvalue weighted by Crippen LogP contribution is -2.27. The SMILES string of the molecule is COC(=O)C(C)Nc1nc2ccc(C(=O)O)cc2[nH]1. The van der Waals surface area contributed by atoms with Gasteiger partial charge in [-0.25, -0.2) is 14.6 Å². The number of aromatic carboxylic acids is 1. The first-order valence-electron chi connectivity index (χ1n) is 5.58. The number of esters is 1. The number of anilines is 1. The molecule has 7 heteroatoms. The van der Waals surface area contributed by atoms with Gasteiger partial charge in [-0.3, -0.25) is 0 Å². The summed E-state index contributed by atoms with van der Waals surface area (Å²) in [4.78, 5) is 29.2. The van der Waals surface area contributed by atoms with Crippen molar-refractivity contribution in [1.29, 1.82) is 0 Å². The molecule has 0 aliphatic heterocycles. The van der Waals surface area contributed by atoms with Gasteiger partial charge in [0.1, 0.15) is 6.04 Å². The fraction of sp³-hybridized carbons (Fsp3) is 0.250. The van der Waals surface area contributed by atoms with Crippen LogP contribution in [0.25, 0.3) is 11.0 Å². The molecule has 7 nitrogen and oxygen atoms in total. The van der Waals surface area contributed by atoms with E-state index in [9.17, 15) is 9.59 Å². The molecule has 1 aromatic carbocycles. The summed E-state index contributed by atoms with van der Waals surface area (Å²) < 4.78 is 4.59. The molecular formula is C12H13N3O4. The van der Waals surface area contributed by atoms with Crippen LogP contribution < -0.4 is 5.32 Å². The molecule has 2 aromatic rings. The minimum absolute atomic E-state index is 0.170. The molecule has 19 heavy (non-hydrogen) atoms. The summed E-state index contributed by atoms with van der Waals surface area (Å²) in [6, 6.07) is 4.01. The standard InChI is InChI=1S/C12H13N3O4/c1-6(11(18)19-2)13-12-14-8-4-3-7(10(16)17)5-9(8)15-12/h3-6H,1-2H3,(H,16,17)(H2,13,14,15). The third-order valence-corrected chi connectivity index (χ3v) is 2.64. The highest BCUT2D eigenvalue weighted by Crippen LogP contribution is 2.16. The predicted octanol–water partition coefficient (Wildman–Crippen LogP) is 1.23. The largest absolute Gasteiger partial charge is 0.478 e. The summed E-state index contributed by atoms with van der Waals surface area (Å²) >= 11 is 0. The number of imidazole rings is 1. The molecule has 3 N–H and O–H groups in total. The van der Waals surface area contributed by atoms with Crippen LogP contribution in [0, 0.1) is 0 Å². The molecule has 1 atom stereocenters. The maximum atomic E-state index is 11.3. The molecule has 0 radical (unpaired) electrons. The van der Waals surface area contributed by atoms with E-state index < -0.39 is 18.0 Å². The van der Waals surface area contributed by atoms with Crippen molar-refractivity contribution in [3.05, 3.63) is 23.8 Å². The Morgan fingerprint density at radius 2 is 2.21 bits per heavy atom. The molecule has 0 fully saturated rings. The fourth-order valence-corrected chi connectivity index (χ4v) is 1.65. The average molecular weight is 263 g/mol. The minimum Gasteiger partial charge on any atom is -0.478 e. The predicted molar refractivity (Wildman–Crippen MR) is 68.2 cm³/mol. The monoisotopic (exact) mass is 263 g/mol. The summed E-state index contributed by atoms with van der Waals surface area (Å²) in [6.07, 6.45) is 0. The number of H-pyrrole nitrogens is 1. The van der Waals surface area contributed by atoms with Crippen molar-refractivity contribution in [3.63, 3.8) is 0 Å². The van der Waals surface area contributed by atoms with Crippen LogP contribution in [-0.4, -0.2) is 40.2 Å². The van der Waals surface area contributed by atoms with Crippen molar-refractivity contribution < 1.29 is 19.4 Å². The number of carbonyl (C=O) groups is 2. The lowest BCUT2D eigenvalue weighted by atomic mass is 10.2. The highest BCUT2D eigenvalue weighted by atomic mass is 16.5. The average Bonchev–Trinajstić information content (AvgIpc) is 2.78. The van der Waals surface area contributed by atoms with Gasteiger partial charge in [-0.05, 0) is 25.1 Å². The number of carbonyl (C=O) groups excluding carboxylic acids is 1. The summed E-state index contributed by atoms with van der Waals surface area (Å²) in [5.74, 6) is -1.03.